The quantitative estimate of drug-likeness (QED) is 0.626. The summed E-state index contributed by atoms with van der Waals surface area (Å²) < 4.78 is 10.1. The molecule has 0 aliphatic heterocycles. The lowest BCUT2D eigenvalue weighted by Crippen LogP contribution is -2.27. The second kappa shape index (κ2) is 2.74. The van der Waals surface area contributed by atoms with E-state index in [9.17, 15) is 9.59 Å². The van der Waals surface area contributed by atoms with Crippen LogP contribution in [0.4, 0.5) is 0 Å². The zero-order valence-corrected chi connectivity index (χ0v) is 8.80. The van der Waals surface area contributed by atoms with E-state index in [0.29, 0.717) is 17.8 Å². The van der Waals surface area contributed by atoms with Crippen LogP contribution in [0.2, 0.25) is 0 Å². The van der Waals surface area contributed by atoms with Crippen molar-refractivity contribution < 1.29 is 19.1 Å². The van der Waals surface area contributed by atoms with Crippen LogP contribution in [0.1, 0.15) is 13.3 Å². The fourth-order valence-corrected chi connectivity index (χ4v) is 3.91. The van der Waals surface area contributed by atoms with Crippen LogP contribution in [0.15, 0.2) is 0 Å². The smallest absolute Gasteiger partial charge is 0.309 e. The molecule has 2 unspecified atom stereocenters. The van der Waals surface area contributed by atoms with Crippen molar-refractivity contribution >= 4 is 11.9 Å². The van der Waals surface area contributed by atoms with Crippen molar-refractivity contribution in [3.8, 4) is 0 Å². The lowest BCUT2D eigenvalue weighted by atomic mass is 9.97. The molecular formula is C11H14O4. The molecule has 0 spiro atoms. The number of esters is 2. The molecular weight excluding hydrogens is 196 g/mol. The van der Waals surface area contributed by atoms with Gasteiger partial charge in [0.05, 0.1) is 13.0 Å². The maximum atomic E-state index is 11.6. The second-order valence-electron chi connectivity index (χ2n) is 4.84. The normalized spacial score (nSPS) is 48.9. The van der Waals surface area contributed by atoms with E-state index in [4.69, 9.17) is 9.47 Å². The SMILES string of the molecule is COC(=O)[C@H]1C2C3[C@@H]2C[C@@H]1[C@@H]3OC(C)=O. The number of methoxy groups -OCH3 is 1. The Labute approximate surface area is 87.9 Å². The van der Waals surface area contributed by atoms with Gasteiger partial charge in [-0.2, -0.15) is 0 Å². The van der Waals surface area contributed by atoms with Crippen LogP contribution < -0.4 is 0 Å². The Balaban J connectivity index is 1.78. The molecule has 0 amide bonds. The van der Waals surface area contributed by atoms with E-state index in [1.54, 1.807) is 0 Å². The average molecular weight is 210 g/mol. The number of rotatable bonds is 2. The minimum atomic E-state index is -0.234. The lowest BCUT2D eigenvalue weighted by molar-refractivity contribution is -0.153. The molecule has 4 fully saturated rings. The Morgan fingerprint density at radius 2 is 1.93 bits per heavy atom. The van der Waals surface area contributed by atoms with Crippen LogP contribution in [-0.2, 0) is 19.1 Å². The third-order valence-electron chi connectivity index (χ3n) is 4.29. The maximum Gasteiger partial charge on any atom is 0.309 e. The topological polar surface area (TPSA) is 52.6 Å². The minimum absolute atomic E-state index is 0.00523. The summed E-state index contributed by atoms with van der Waals surface area (Å²) >= 11 is 0. The van der Waals surface area contributed by atoms with Gasteiger partial charge in [-0.3, -0.25) is 9.59 Å². The molecule has 4 bridgehead atoms. The van der Waals surface area contributed by atoms with E-state index in [1.165, 1.54) is 14.0 Å². The van der Waals surface area contributed by atoms with Gasteiger partial charge in [-0.15, -0.1) is 0 Å². The minimum Gasteiger partial charge on any atom is -0.469 e. The molecule has 4 saturated carbocycles. The molecule has 0 heterocycles. The molecule has 0 N–H and O–H groups in total. The molecule has 4 nitrogen and oxygen atoms in total. The summed E-state index contributed by atoms with van der Waals surface area (Å²) in [7, 11) is 1.43. The number of hydrogen-bond donors (Lipinski definition) is 0. The third-order valence-corrected chi connectivity index (χ3v) is 4.29. The zero-order chi connectivity index (χ0) is 10.7. The molecule has 4 heteroatoms. The molecule has 4 rings (SSSR count). The first-order chi connectivity index (χ1) is 7.15. The van der Waals surface area contributed by atoms with Crippen LogP contribution in [0.3, 0.4) is 0 Å². The largest absolute Gasteiger partial charge is 0.469 e. The van der Waals surface area contributed by atoms with Gasteiger partial charge in [0.1, 0.15) is 6.10 Å². The Morgan fingerprint density at radius 3 is 2.47 bits per heavy atom. The fraction of sp³-hybridized carbons (Fsp3) is 0.818. The number of ether oxygens (including phenoxy) is 2. The second-order valence-corrected chi connectivity index (χ2v) is 4.84. The van der Waals surface area contributed by atoms with Gasteiger partial charge in [0.2, 0.25) is 0 Å². The van der Waals surface area contributed by atoms with E-state index in [0.717, 1.165) is 6.42 Å². The van der Waals surface area contributed by atoms with E-state index >= 15 is 0 Å². The van der Waals surface area contributed by atoms with Crippen molar-refractivity contribution in [2.75, 3.05) is 7.11 Å². The van der Waals surface area contributed by atoms with E-state index in [2.05, 4.69) is 0 Å². The molecule has 0 aromatic carbocycles. The van der Waals surface area contributed by atoms with Gasteiger partial charge in [0.15, 0.2) is 0 Å². The van der Waals surface area contributed by atoms with E-state index < -0.39 is 0 Å². The highest BCUT2D eigenvalue weighted by Crippen LogP contribution is 2.74. The molecule has 6 atom stereocenters. The van der Waals surface area contributed by atoms with Gasteiger partial charge in [-0.25, -0.2) is 0 Å². The fourth-order valence-electron chi connectivity index (χ4n) is 3.91. The van der Waals surface area contributed by atoms with Crippen LogP contribution in [0.25, 0.3) is 0 Å². The van der Waals surface area contributed by atoms with Crippen molar-refractivity contribution in [1.29, 1.82) is 0 Å². The summed E-state index contributed by atoms with van der Waals surface area (Å²) in [6.45, 7) is 1.43. The highest BCUT2D eigenvalue weighted by molar-refractivity contribution is 5.76. The van der Waals surface area contributed by atoms with Gasteiger partial charge in [-0.05, 0) is 18.3 Å². The summed E-state index contributed by atoms with van der Waals surface area (Å²) in [4.78, 5) is 22.5. The van der Waals surface area contributed by atoms with Crippen molar-refractivity contribution in [1.82, 2.24) is 0 Å². The van der Waals surface area contributed by atoms with Crippen molar-refractivity contribution in [2.24, 2.45) is 29.6 Å². The Kier molecular flexibility index (Phi) is 1.68. The predicted octanol–water partition coefficient (Wildman–Crippen LogP) is 0.603. The van der Waals surface area contributed by atoms with Gasteiger partial charge in [0, 0.05) is 18.8 Å². The summed E-state index contributed by atoms with van der Waals surface area (Å²) in [6, 6.07) is 0. The molecule has 0 aromatic rings. The highest BCUT2D eigenvalue weighted by atomic mass is 16.5. The first-order valence-electron chi connectivity index (χ1n) is 5.40. The molecule has 0 saturated heterocycles. The molecule has 4 aliphatic rings. The Hall–Kier alpha value is -1.06. The number of carbonyl (C=O) groups is 2. The molecule has 0 radical (unpaired) electrons. The van der Waals surface area contributed by atoms with Crippen LogP contribution in [0.5, 0.6) is 0 Å². The number of carbonyl (C=O) groups excluding carboxylic acids is 2. The average Bonchev–Trinajstić information content (AvgIpc) is 2.55. The Morgan fingerprint density at radius 1 is 1.20 bits per heavy atom. The molecule has 4 aliphatic carbocycles. The molecule has 15 heavy (non-hydrogen) atoms. The Bertz CT molecular complexity index is 337. The standard InChI is InChI=1S/C11H14O4/c1-4(12)15-10-6-3-5-7(8(5)10)9(6)11(13)14-2/h5-10H,3H2,1-2H3/t5-,6+,7?,8?,9-,10+/m1/s1. The van der Waals surface area contributed by atoms with Gasteiger partial charge in [0.25, 0.3) is 0 Å². The van der Waals surface area contributed by atoms with Crippen molar-refractivity contribution in [3.63, 3.8) is 0 Å². The van der Waals surface area contributed by atoms with Crippen LogP contribution >= 0.6 is 0 Å². The summed E-state index contributed by atoms with van der Waals surface area (Å²) in [5.74, 6) is 1.36. The highest BCUT2D eigenvalue weighted by Gasteiger charge is 2.76. The van der Waals surface area contributed by atoms with Crippen LogP contribution in [0, 0.1) is 29.6 Å². The van der Waals surface area contributed by atoms with Crippen molar-refractivity contribution in [3.05, 3.63) is 0 Å². The first-order valence-corrected chi connectivity index (χ1v) is 5.40. The first kappa shape index (κ1) is 9.19. The molecule has 0 aromatic heterocycles. The summed E-state index contributed by atoms with van der Waals surface area (Å²) in [5.41, 5.74) is 0. The van der Waals surface area contributed by atoms with Crippen molar-refractivity contribution in [2.45, 2.75) is 19.4 Å². The van der Waals surface area contributed by atoms with Gasteiger partial charge >= 0.3 is 11.9 Å². The lowest BCUT2D eigenvalue weighted by Gasteiger charge is -2.18. The third kappa shape index (κ3) is 1.02. The molecule has 82 valence electrons. The maximum absolute atomic E-state index is 11.6. The zero-order valence-electron chi connectivity index (χ0n) is 8.80. The number of hydrogen-bond acceptors (Lipinski definition) is 4. The predicted molar refractivity (Wildman–Crippen MR) is 49.6 cm³/mol. The van der Waals surface area contributed by atoms with Gasteiger partial charge < -0.3 is 9.47 Å². The van der Waals surface area contributed by atoms with Crippen LogP contribution in [-0.4, -0.2) is 25.2 Å². The van der Waals surface area contributed by atoms with Gasteiger partial charge in [-0.1, -0.05) is 0 Å². The van der Waals surface area contributed by atoms with E-state index in [-0.39, 0.29) is 29.9 Å². The summed E-state index contributed by atoms with van der Waals surface area (Å²) in [5, 5.41) is 0. The summed E-state index contributed by atoms with van der Waals surface area (Å²) in [6.07, 6.45) is 1.02. The van der Waals surface area contributed by atoms with E-state index in [1.807, 2.05) is 0 Å². The monoisotopic (exact) mass is 210 g/mol.